The van der Waals surface area contributed by atoms with Crippen molar-refractivity contribution >= 4 is 5.97 Å². The van der Waals surface area contributed by atoms with Gasteiger partial charge in [-0.2, -0.15) is 0 Å². The molecule has 0 bridgehead atoms. The second-order valence-corrected chi connectivity index (χ2v) is 2.58. The molecule has 0 aliphatic carbocycles. The van der Waals surface area contributed by atoms with Crippen LogP contribution in [0.15, 0.2) is 30.3 Å². The quantitative estimate of drug-likeness (QED) is 0.789. The molecule has 3 nitrogen and oxygen atoms in total. The first-order valence-corrected chi connectivity index (χ1v) is 5.50. The highest BCUT2D eigenvalue weighted by molar-refractivity contribution is 5.89. The Hall–Kier alpha value is -1.35. The first-order valence-electron chi connectivity index (χ1n) is 5.50. The van der Waals surface area contributed by atoms with Crippen LogP contribution in [0.2, 0.25) is 0 Å². The van der Waals surface area contributed by atoms with E-state index in [1.54, 1.807) is 24.3 Å². The molecule has 1 aromatic carbocycles. The zero-order chi connectivity index (χ0) is 12.8. The summed E-state index contributed by atoms with van der Waals surface area (Å²) in [4.78, 5) is 10.8. The summed E-state index contributed by atoms with van der Waals surface area (Å²) in [6.07, 6.45) is 0.875. The van der Waals surface area contributed by atoms with Crippen molar-refractivity contribution in [2.24, 2.45) is 0 Å². The summed E-state index contributed by atoms with van der Waals surface area (Å²) in [5, 5.41) is 7.88. The lowest BCUT2D eigenvalue weighted by atomic mass is 10.2. The summed E-state index contributed by atoms with van der Waals surface area (Å²) in [7, 11) is 1.37. The van der Waals surface area contributed by atoms with Gasteiger partial charge < -0.3 is 9.84 Å². The zero-order valence-electron chi connectivity index (χ0n) is 10.6. The third kappa shape index (κ3) is 9.21. The molecule has 1 rings (SSSR count). The Kier molecular flexibility index (Phi) is 14.6. The van der Waals surface area contributed by atoms with E-state index in [-0.39, 0.29) is 5.97 Å². The van der Waals surface area contributed by atoms with E-state index >= 15 is 0 Å². The number of esters is 1. The number of hydrogen-bond donors (Lipinski definition) is 1. The Morgan fingerprint density at radius 1 is 1.25 bits per heavy atom. The van der Waals surface area contributed by atoms with E-state index < -0.39 is 0 Å². The number of carbonyl (C=O) groups is 1. The van der Waals surface area contributed by atoms with Crippen molar-refractivity contribution in [1.82, 2.24) is 0 Å². The minimum absolute atomic E-state index is 0.291. The molecule has 1 N–H and O–H groups in total. The van der Waals surface area contributed by atoms with Crippen LogP contribution in [0.25, 0.3) is 0 Å². The van der Waals surface area contributed by atoms with Crippen LogP contribution in [-0.2, 0) is 4.74 Å². The molecule has 0 fully saturated rings. The van der Waals surface area contributed by atoms with Crippen LogP contribution in [0.3, 0.4) is 0 Å². The van der Waals surface area contributed by atoms with Gasteiger partial charge in [-0.1, -0.05) is 39.0 Å². The summed E-state index contributed by atoms with van der Waals surface area (Å²) < 4.78 is 4.50. The van der Waals surface area contributed by atoms with Crippen LogP contribution >= 0.6 is 0 Å². The van der Waals surface area contributed by atoms with Crippen LogP contribution in [0, 0.1) is 0 Å². The summed E-state index contributed by atoms with van der Waals surface area (Å²) >= 11 is 0. The van der Waals surface area contributed by atoms with Crippen molar-refractivity contribution in [3.05, 3.63) is 35.9 Å². The van der Waals surface area contributed by atoms with Gasteiger partial charge in [-0.05, 0) is 18.6 Å². The number of ether oxygens (including phenoxy) is 1. The highest BCUT2D eigenvalue weighted by atomic mass is 16.5. The molecule has 16 heavy (non-hydrogen) atoms. The Morgan fingerprint density at radius 2 is 1.69 bits per heavy atom. The maximum atomic E-state index is 10.8. The van der Waals surface area contributed by atoms with Gasteiger partial charge >= 0.3 is 5.97 Å². The number of hydrogen-bond acceptors (Lipinski definition) is 3. The van der Waals surface area contributed by atoms with Crippen molar-refractivity contribution < 1.29 is 14.6 Å². The molecule has 0 unspecified atom stereocenters. The highest BCUT2D eigenvalue weighted by Crippen LogP contribution is 1.98. The summed E-state index contributed by atoms with van der Waals surface area (Å²) in [5.41, 5.74) is 0.588. The fourth-order valence-electron chi connectivity index (χ4n) is 0.692. The number of carbonyl (C=O) groups excluding carboxylic acids is 1. The van der Waals surface area contributed by atoms with E-state index in [1.165, 1.54) is 7.11 Å². The van der Waals surface area contributed by atoms with E-state index in [9.17, 15) is 4.79 Å². The number of benzene rings is 1. The first-order chi connectivity index (χ1) is 7.76. The second-order valence-electron chi connectivity index (χ2n) is 2.58. The third-order valence-electron chi connectivity index (χ3n) is 1.42. The molecule has 1 aromatic rings. The van der Waals surface area contributed by atoms with E-state index in [1.807, 2.05) is 26.8 Å². The average Bonchev–Trinajstić information content (AvgIpc) is 2.41. The summed E-state index contributed by atoms with van der Waals surface area (Å²) in [5.74, 6) is -0.291. The number of aliphatic hydroxyl groups excluding tert-OH is 1. The minimum Gasteiger partial charge on any atom is -0.465 e. The average molecular weight is 226 g/mol. The van der Waals surface area contributed by atoms with E-state index in [2.05, 4.69) is 4.74 Å². The van der Waals surface area contributed by atoms with E-state index in [0.29, 0.717) is 12.2 Å². The monoisotopic (exact) mass is 226 g/mol. The molecule has 0 saturated heterocycles. The Morgan fingerprint density at radius 3 is 2.00 bits per heavy atom. The molecule has 0 atom stereocenters. The predicted octanol–water partition coefficient (Wildman–Crippen LogP) is 2.89. The lowest BCUT2D eigenvalue weighted by Crippen LogP contribution is -1.99. The molecule has 0 heterocycles. The van der Waals surface area contributed by atoms with Crippen LogP contribution < -0.4 is 0 Å². The van der Waals surface area contributed by atoms with Gasteiger partial charge in [-0.15, -0.1) is 0 Å². The van der Waals surface area contributed by atoms with Gasteiger partial charge in [0.15, 0.2) is 0 Å². The van der Waals surface area contributed by atoms with Crippen LogP contribution in [0.5, 0.6) is 0 Å². The van der Waals surface area contributed by atoms with E-state index in [4.69, 9.17) is 5.11 Å². The molecule has 0 saturated carbocycles. The van der Waals surface area contributed by atoms with Crippen molar-refractivity contribution in [2.45, 2.75) is 27.2 Å². The van der Waals surface area contributed by atoms with Gasteiger partial charge in [0, 0.05) is 6.61 Å². The van der Waals surface area contributed by atoms with Gasteiger partial charge in [0.2, 0.25) is 0 Å². The van der Waals surface area contributed by atoms with Crippen LogP contribution in [0.1, 0.15) is 37.6 Å². The lowest BCUT2D eigenvalue weighted by Gasteiger charge is -1.95. The topological polar surface area (TPSA) is 46.5 Å². The Labute approximate surface area is 98.1 Å². The van der Waals surface area contributed by atoms with Crippen molar-refractivity contribution in [2.75, 3.05) is 13.7 Å². The van der Waals surface area contributed by atoms with Gasteiger partial charge in [0.05, 0.1) is 12.7 Å². The SMILES string of the molecule is CC.CCCO.COC(=O)c1ccccc1. The molecule has 92 valence electrons. The predicted molar refractivity (Wildman–Crippen MR) is 66.5 cm³/mol. The molecular formula is C13H22O3. The Bertz CT molecular complexity index is 243. The minimum atomic E-state index is -0.291. The molecule has 0 aliphatic heterocycles. The standard InChI is InChI=1S/C8H8O2.C3H8O.C2H6/c1-10-8(9)7-5-3-2-4-6-7;1-2-3-4;1-2/h2-6H,1H3;4H,2-3H2,1H3;1-2H3. The lowest BCUT2D eigenvalue weighted by molar-refractivity contribution is 0.0600. The number of methoxy groups -OCH3 is 1. The van der Waals surface area contributed by atoms with Crippen LogP contribution in [0.4, 0.5) is 0 Å². The van der Waals surface area contributed by atoms with Gasteiger partial charge in [0.25, 0.3) is 0 Å². The Balaban J connectivity index is 0. The summed E-state index contributed by atoms with van der Waals surface area (Å²) in [6.45, 7) is 6.25. The maximum Gasteiger partial charge on any atom is 0.337 e. The zero-order valence-corrected chi connectivity index (χ0v) is 10.6. The van der Waals surface area contributed by atoms with Gasteiger partial charge in [-0.25, -0.2) is 4.79 Å². The largest absolute Gasteiger partial charge is 0.465 e. The van der Waals surface area contributed by atoms with Crippen molar-refractivity contribution in [1.29, 1.82) is 0 Å². The fourth-order valence-corrected chi connectivity index (χ4v) is 0.692. The molecule has 0 aliphatic rings. The summed E-state index contributed by atoms with van der Waals surface area (Å²) in [6, 6.07) is 8.88. The van der Waals surface area contributed by atoms with Crippen LogP contribution in [-0.4, -0.2) is 24.8 Å². The normalized spacial score (nSPS) is 7.81. The molecule has 0 aromatic heterocycles. The smallest absolute Gasteiger partial charge is 0.337 e. The van der Waals surface area contributed by atoms with Crippen molar-refractivity contribution in [3.8, 4) is 0 Å². The second kappa shape index (κ2) is 13.7. The third-order valence-corrected chi connectivity index (χ3v) is 1.42. The fraction of sp³-hybridized carbons (Fsp3) is 0.462. The molecule has 0 amide bonds. The first kappa shape index (κ1) is 17.1. The number of rotatable bonds is 2. The molecule has 3 heteroatoms. The van der Waals surface area contributed by atoms with Crippen molar-refractivity contribution in [3.63, 3.8) is 0 Å². The molecule has 0 spiro atoms. The van der Waals surface area contributed by atoms with Gasteiger partial charge in [0.1, 0.15) is 0 Å². The molecular weight excluding hydrogens is 204 g/mol. The number of aliphatic hydroxyl groups is 1. The molecule has 0 radical (unpaired) electrons. The highest BCUT2D eigenvalue weighted by Gasteiger charge is 2.00. The maximum absolute atomic E-state index is 10.8. The van der Waals surface area contributed by atoms with E-state index in [0.717, 1.165) is 6.42 Å². The van der Waals surface area contributed by atoms with Gasteiger partial charge in [-0.3, -0.25) is 0 Å².